The van der Waals surface area contributed by atoms with E-state index >= 15 is 0 Å². The Balaban J connectivity index is 2.61. The van der Waals surface area contributed by atoms with Gasteiger partial charge in [0.05, 0.1) is 0 Å². The van der Waals surface area contributed by atoms with Crippen molar-refractivity contribution in [1.82, 2.24) is 5.32 Å². The molecule has 1 heteroatoms. The summed E-state index contributed by atoms with van der Waals surface area (Å²) in [4.78, 5) is 0. The number of aryl methyl sites for hydroxylation is 1. The Kier molecular flexibility index (Phi) is 1.65. The maximum Gasteiger partial charge on any atom is 0.0486 e. The summed E-state index contributed by atoms with van der Waals surface area (Å²) < 4.78 is 0. The third kappa shape index (κ3) is 1.02. The maximum atomic E-state index is 3.28. The average Bonchev–Trinajstić information content (AvgIpc) is 2.07. The van der Waals surface area contributed by atoms with Crippen molar-refractivity contribution in [2.45, 2.75) is 19.9 Å². The molecule has 1 atom stereocenters. The number of hydrogen-bond donors (Lipinski definition) is 1. The molecule has 0 aromatic heterocycles. The molecule has 62 valence electrons. The second-order valence-corrected chi connectivity index (χ2v) is 3.30. The molecule has 0 fully saturated rings. The Morgan fingerprint density at radius 3 is 2.92 bits per heavy atom. The lowest BCUT2D eigenvalue weighted by Crippen LogP contribution is -2.16. The van der Waals surface area contributed by atoms with Crippen LogP contribution >= 0.6 is 0 Å². The topological polar surface area (TPSA) is 12.0 Å². The van der Waals surface area contributed by atoms with Gasteiger partial charge in [-0.25, -0.2) is 0 Å². The molecule has 1 aromatic carbocycles. The largest absolute Gasteiger partial charge is 0.384 e. The fraction of sp³-hybridized carbons (Fsp3) is 0.273. The van der Waals surface area contributed by atoms with Gasteiger partial charge in [-0.05, 0) is 42.8 Å². The first kappa shape index (κ1) is 7.41. The summed E-state index contributed by atoms with van der Waals surface area (Å²) in [5.41, 5.74) is 4.14. The first-order valence-electron chi connectivity index (χ1n) is 4.31. The molecule has 1 nitrogen and oxygen atoms in total. The van der Waals surface area contributed by atoms with Gasteiger partial charge in [0.2, 0.25) is 0 Å². The molecule has 0 bridgehead atoms. The third-order valence-corrected chi connectivity index (χ3v) is 2.42. The molecule has 1 unspecified atom stereocenters. The van der Waals surface area contributed by atoms with Crippen molar-refractivity contribution in [3.05, 3.63) is 41.1 Å². The van der Waals surface area contributed by atoms with Crippen molar-refractivity contribution < 1.29 is 0 Å². The van der Waals surface area contributed by atoms with Gasteiger partial charge in [0, 0.05) is 6.04 Å². The van der Waals surface area contributed by atoms with Crippen LogP contribution in [0.25, 0.3) is 6.08 Å². The van der Waals surface area contributed by atoms with Crippen molar-refractivity contribution in [1.29, 1.82) is 0 Å². The summed E-state index contributed by atoms with van der Waals surface area (Å²) in [5.74, 6) is 0. The molecule has 1 aliphatic heterocycles. The predicted octanol–water partition coefficient (Wildman–Crippen LogP) is 2.63. The first-order chi connectivity index (χ1) is 5.79. The van der Waals surface area contributed by atoms with Gasteiger partial charge >= 0.3 is 0 Å². The Bertz CT molecular complexity index is 326. The fourth-order valence-corrected chi connectivity index (χ4v) is 1.67. The van der Waals surface area contributed by atoms with Crippen LogP contribution in [0.5, 0.6) is 0 Å². The van der Waals surface area contributed by atoms with E-state index in [2.05, 4.69) is 43.4 Å². The van der Waals surface area contributed by atoms with E-state index in [4.69, 9.17) is 0 Å². The summed E-state index contributed by atoms with van der Waals surface area (Å²) in [7, 11) is 0. The monoisotopic (exact) mass is 159 g/mol. The quantitative estimate of drug-likeness (QED) is 0.613. The zero-order valence-electron chi connectivity index (χ0n) is 7.46. The standard InChI is InChI=1S/C11H13N/c1-8-4-3-5-11-9(2)12-7-6-10(8)11/h3-7,9,12H,1-2H3. The fourth-order valence-electron chi connectivity index (χ4n) is 1.67. The van der Waals surface area contributed by atoms with E-state index in [0.29, 0.717) is 6.04 Å². The average molecular weight is 159 g/mol. The smallest absolute Gasteiger partial charge is 0.0486 e. The number of nitrogens with one attached hydrogen (secondary N) is 1. The van der Waals surface area contributed by atoms with Gasteiger partial charge in [-0.2, -0.15) is 0 Å². The van der Waals surface area contributed by atoms with Gasteiger partial charge in [0.15, 0.2) is 0 Å². The minimum atomic E-state index is 0.449. The summed E-state index contributed by atoms with van der Waals surface area (Å²) in [5, 5.41) is 3.28. The zero-order chi connectivity index (χ0) is 8.55. The molecule has 0 saturated carbocycles. The van der Waals surface area contributed by atoms with Gasteiger partial charge in [0.25, 0.3) is 0 Å². The van der Waals surface area contributed by atoms with Gasteiger partial charge in [0.1, 0.15) is 0 Å². The molecule has 1 heterocycles. The van der Waals surface area contributed by atoms with E-state index in [0.717, 1.165) is 0 Å². The Morgan fingerprint density at radius 2 is 2.17 bits per heavy atom. The highest BCUT2D eigenvalue weighted by atomic mass is 14.9. The molecule has 0 aliphatic carbocycles. The van der Waals surface area contributed by atoms with Crippen LogP contribution in [0.3, 0.4) is 0 Å². The summed E-state index contributed by atoms with van der Waals surface area (Å²) in [6.45, 7) is 4.34. The molecule has 0 amide bonds. The van der Waals surface area contributed by atoms with Crippen LogP contribution in [0.1, 0.15) is 29.7 Å². The van der Waals surface area contributed by atoms with Crippen molar-refractivity contribution in [2.75, 3.05) is 0 Å². The van der Waals surface area contributed by atoms with Crippen LogP contribution in [0.15, 0.2) is 24.4 Å². The number of rotatable bonds is 0. The molecule has 0 spiro atoms. The number of fused-ring (bicyclic) bond motifs is 1. The second-order valence-electron chi connectivity index (χ2n) is 3.30. The lowest BCUT2D eigenvalue weighted by molar-refractivity contribution is 0.678. The molecule has 1 aliphatic rings. The van der Waals surface area contributed by atoms with E-state index in [-0.39, 0.29) is 0 Å². The highest BCUT2D eigenvalue weighted by Crippen LogP contribution is 2.25. The van der Waals surface area contributed by atoms with Crippen LogP contribution in [-0.4, -0.2) is 0 Å². The van der Waals surface area contributed by atoms with E-state index in [1.54, 1.807) is 0 Å². The van der Waals surface area contributed by atoms with Crippen molar-refractivity contribution in [3.8, 4) is 0 Å². The highest BCUT2D eigenvalue weighted by Gasteiger charge is 2.11. The van der Waals surface area contributed by atoms with Crippen molar-refractivity contribution >= 4 is 6.08 Å². The molecule has 1 N–H and O–H groups in total. The third-order valence-electron chi connectivity index (χ3n) is 2.42. The van der Waals surface area contributed by atoms with Crippen LogP contribution in [0.2, 0.25) is 0 Å². The van der Waals surface area contributed by atoms with Crippen LogP contribution in [-0.2, 0) is 0 Å². The van der Waals surface area contributed by atoms with Gasteiger partial charge < -0.3 is 5.32 Å². The van der Waals surface area contributed by atoms with Crippen molar-refractivity contribution in [3.63, 3.8) is 0 Å². The van der Waals surface area contributed by atoms with Gasteiger partial charge in [-0.3, -0.25) is 0 Å². The summed E-state index contributed by atoms with van der Waals surface area (Å²) >= 11 is 0. The van der Waals surface area contributed by atoms with E-state index in [1.165, 1.54) is 16.7 Å². The predicted molar refractivity (Wildman–Crippen MR) is 51.8 cm³/mol. The highest BCUT2D eigenvalue weighted by molar-refractivity contribution is 5.60. The van der Waals surface area contributed by atoms with E-state index in [9.17, 15) is 0 Å². The summed E-state index contributed by atoms with van der Waals surface area (Å²) in [6.07, 6.45) is 4.17. The molecule has 2 rings (SSSR count). The summed E-state index contributed by atoms with van der Waals surface area (Å²) in [6, 6.07) is 6.90. The van der Waals surface area contributed by atoms with E-state index < -0.39 is 0 Å². The van der Waals surface area contributed by atoms with E-state index in [1.807, 2.05) is 6.20 Å². The van der Waals surface area contributed by atoms with Gasteiger partial charge in [-0.15, -0.1) is 0 Å². The molecular weight excluding hydrogens is 146 g/mol. The Hall–Kier alpha value is -1.24. The molecule has 12 heavy (non-hydrogen) atoms. The van der Waals surface area contributed by atoms with Gasteiger partial charge in [-0.1, -0.05) is 18.2 Å². The molecular formula is C11H13N. The lowest BCUT2D eigenvalue weighted by atomic mass is 9.95. The SMILES string of the molecule is Cc1cccc2c1C=CNC2C. The van der Waals surface area contributed by atoms with Crippen LogP contribution in [0, 0.1) is 6.92 Å². The Labute approximate surface area is 73.1 Å². The maximum absolute atomic E-state index is 3.28. The Morgan fingerprint density at radius 1 is 1.33 bits per heavy atom. The number of hydrogen-bond acceptors (Lipinski definition) is 1. The van der Waals surface area contributed by atoms with Crippen LogP contribution < -0.4 is 5.32 Å². The van der Waals surface area contributed by atoms with Crippen LogP contribution in [0.4, 0.5) is 0 Å². The zero-order valence-corrected chi connectivity index (χ0v) is 7.46. The minimum Gasteiger partial charge on any atom is -0.384 e. The first-order valence-corrected chi connectivity index (χ1v) is 4.31. The second kappa shape index (κ2) is 2.67. The normalized spacial score (nSPS) is 20.0. The molecule has 0 saturated heterocycles. The van der Waals surface area contributed by atoms with Crippen molar-refractivity contribution in [2.24, 2.45) is 0 Å². The minimum absolute atomic E-state index is 0.449. The number of benzene rings is 1. The molecule has 1 aromatic rings. The lowest BCUT2D eigenvalue weighted by Gasteiger charge is -2.20. The molecule has 0 radical (unpaired) electrons.